The van der Waals surface area contributed by atoms with Gasteiger partial charge in [0.15, 0.2) is 0 Å². The van der Waals surface area contributed by atoms with Crippen LogP contribution in [0.1, 0.15) is 20.3 Å². The molecule has 0 N–H and O–H groups in total. The topological polar surface area (TPSA) is 26.3 Å². The van der Waals surface area contributed by atoms with Crippen LogP contribution in [0.2, 0.25) is 0 Å². The maximum atomic E-state index is 10.7. The van der Waals surface area contributed by atoms with E-state index in [2.05, 4.69) is 19.2 Å². The summed E-state index contributed by atoms with van der Waals surface area (Å²) in [6.07, 6.45) is 0.710. The summed E-state index contributed by atoms with van der Waals surface area (Å²) in [7, 11) is 0. The lowest BCUT2D eigenvalue weighted by Gasteiger charge is -2.08. The van der Waals surface area contributed by atoms with Crippen molar-refractivity contribution in [2.24, 2.45) is 0 Å². The fraction of sp³-hybridized carbons (Fsp3) is 0.571. The van der Waals surface area contributed by atoms with Gasteiger partial charge in [-0.3, -0.25) is 0 Å². The highest BCUT2D eigenvalue weighted by Crippen LogP contribution is 2.05. The van der Waals surface area contributed by atoms with Crippen molar-refractivity contribution in [2.45, 2.75) is 25.7 Å². The molecule has 10 heavy (non-hydrogen) atoms. The van der Waals surface area contributed by atoms with Gasteiger partial charge in [-0.25, -0.2) is 4.79 Å². The predicted molar refractivity (Wildman–Crippen MR) is 44.0 cm³/mol. The minimum Gasteiger partial charge on any atom is -0.448 e. The van der Waals surface area contributed by atoms with E-state index >= 15 is 0 Å². The van der Waals surface area contributed by atoms with E-state index in [-0.39, 0.29) is 11.4 Å². The normalized spacial score (nSPS) is 12.3. The van der Waals surface area contributed by atoms with Gasteiger partial charge in [-0.05, 0) is 13.3 Å². The Bertz CT molecular complexity index is 143. The van der Waals surface area contributed by atoms with E-state index in [1.807, 2.05) is 6.92 Å². The molecule has 0 saturated carbocycles. The Hall–Kier alpha value is -0.440. The lowest BCUT2D eigenvalue weighted by Crippen LogP contribution is -2.11. The molecule has 0 aromatic carbocycles. The van der Waals surface area contributed by atoms with Gasteiger partial charge in [0, 0.05) is 5.57 Å². The second kappa shape index (κ2) is 4.39. The maximum absolute atomic E-state index is 10.7. The van der Waals surface area contributed by atoms with Crippen LogP contribution in [-0.4, -0.2) is 11.4 Å². The minimum atomic E-state index is -0.373. The zero-order valence-electron chi connectivity index (χ0n) is 6.26. The zero-order chi connectivity index (χ0) is 8.15. The van der Waals surface area contributed by atoms with Crippen LogP contribution in [0.25, 0.3) is 0 Å². The minimum absolute atomic E-state index is 0.302. The third kappa shape index (κ3) is 3.56. The van der Waals surface area contributed by atoms with Gasteiger partial charge in [0.2, 0.25) is 0 Å². The molecule has 1 atom stereocenters. The molecule has 0 spiro atoms. The first-order chi connectivity index (χ1) is 4.57. The Labute approximate surface area is 66.7 Å². The average Bonchev–Trinajstić information content (AvgIpc) is 1.87. The molecular weight excluding hydrogens is 148 g/mol. The summed E-state index contributed by atoms with van der Waals surface area (Å²) in [4.78, 5) is 10.7. The summed E-state index contributed by atoms with van der Waals surface area (Å²) in [5.74, 6) is -0.373. The fourth-order valence-corrected chi connectivity index (χ4v) is 0.403. The van der Waals surface area contributed by atoms with Crippen molar-refractivity contribution >= 4 is 18.6 Å². The van der Waals surface area contributed by atoms with E-state index in [4.69, 9.17) is 4.74 Å². The lowest BCUT2D eigenvalue weighted by atomic mass is 10.4. The second-order valence-corrected chi connectivity index (χ2v) is 2.62. The van der Waals surface area contributed by atoms with Crippen molar-refractivity contribution in [3.63, 3.8) is 0 Å². The zero-order valence-corrected chi connectivity index (χ0v) is 7.15. The molecule has 2 nitrogen and oxygen atoms in total. The number of rotatable bonds is 3. The molecule has 58 valence electrons. The first-order valence-corrected chi connectivity index (χ1v) is 3.64. The molecule has 0 bridgehead atoms. The van der Waals surface area contributed by atoms with Crippen molar-refractivity contribution in [3.8, 4) is 0 Å². The van der Waals surface area contributed by atoms with Crippen molar-refractivity contribution in [1.29, 1.82) is 0 Å². The third-order valence-corrected chi connectivity index (χ3v) is 1.41. The fourth-order valence-electron chi connectivity index (χ4n) is 0.307. The third-order valence-electron chi connectivity index (χ3n) is 0.941. The van der Waals surface area contributed by atoms with Gasteiger partial charge in [0.25, 0.3) is 0 Å². The number of carbonyl (C=O) groups excluding carboxylic acids is 1. The largest absolute Gasteiger partial charge is 0.448 e. The monoisotopic (exact) mass is 160 g/mol. The van der Waals surface area contributed by atoms with Gasteiger partial charge in [-0.2, -0.15) is 0 Å². The molecule has 0 heterocycles. The predicted octanol–water partition coefficient (Wildman–Crippen LogP) is 1.77. The molecule has 0 aromatic rings. The summed E-state index contributed by atoms with van der Waals surface area (Å²) in [5.41, 5.74) is 0.108. The molecule has 0 aliphatic heterocycles. The van der Waals surface area contributed by atoms with Gasteiger partial charge in [0.1, 0.15) is 5.44 Å². The molecular formula is C7H12O2S. The van der Waals surface area contributed by atoms with Crippen LogP contribution < -0.4 is 0 Å². The summed E-state index contributed by atoms with van der Waals surface area (Å²) in [6, 6.07) is 0. The van der Waals surface area contributed by atoms with Crippen molar-refractivity contribution in [3.05, 3.63) is 12.2 Å². The first-order valence-electron chi connectivity index (χ1n) is 3.12. The van der Waals surface area contributed by atoms with Crippen LogP contribution in [0.5, 0.6) is 0 Å². The summed E-state index contributed by atoms with van der Waals surface area (Å²) >= 11 is 3.98. The molecule has 3 heteroatoms. The number of esters is 1. The van der Waals surface area contributed by atoms with Crippen LogP contribution >= 0.6 is 12.6 Å². The number of hydrogen-bond donors (Lipinski definition) is 1. The van der Waals surface area contributed by atoms with Crippen molar-refractivity contribution < 1.29 is 9.53 Å². The van der Waals surface area contributed by atoms with E-state index in [1.54, 1.807) is 6.92 Å². The van der Waals surface area contributed by atoms with E-state index in [9.17, 15) is 4.79 Å². The molecule has 0 radical (unpaired) electrons. The molecule has 0 amide bonds. The van der Waals surface area contributed by atoms with E-state index in [1.165, 1.54) is 0 Å². The van der Waals surface area contributed by atoms with E-state index < -0.39 is 0 Å². The van der Waals surface area contributed by atoms with Crippen molar-refractivity contribution in [2.75, 3.05) is 0 Å². The molecule has 0 rings (SSSR count). The number of hydrogen-bond acceptors (Lipinski definition) is 3. The summed E-state index contributed by atoms with van der Waals surface area (Å²) < 4.78 is 4.79. The van der Waals surface area contributed by atoms with Crippen LogP contribution in [0.4, 0.5) is 0 Å². The maximum Gasteiger partial charge on any atom is 0.334 e. The standard InChI is InChI=1S/C7H12O2S/c1-4-6(10)9-7(8)5(2)3/h6,10H,2,4H2,1,3H3. The first kappa shape index (κ1) is 9.56. The van der Waals surface area contributed by atoms with Crippen LogP contribution in [0.3, 0.4) is 0 Å². The van der Waals surface area contributed by atoms with Crippen LogP contribution in [0.15, 0.2) is 12.2 Å². The molecule has 0 aliphatic carbocycles. The molecule has 1 unspecified atom stereocenters. The Balaban J connectivity index is 3.68. The molecule has 0 fully saturated rings. The highest BCUT2D eigenvalue weighted by atomic mass is 32.1. The van der Waals surface area contributed by atoms with E-state index in [0.717, 1.165) is 0 Å². The van der Waals surface area contributed by atoms with Gasteiger partial charge in [-0.1, -0.05) is 13.5 Å². The Kier molecular flexibility index (Phi) is 4.19. The van der Waals surface area contributed by atoms with Crippen LogP contribution in [0, 0.1) is 0 Å². The summed E-state index contributed by atoms with van der Waals surface area (Å²) in [5, 5.41) is 0. The Morgan fingerprint density at radius 2 is 2.30 bits per heavy atom. The van der Waals surface area contributed by atoms with Crippen LogP contribution in [-0.2, 0) is 9.53 Å². The van der Waals surface area contributed by atoms with Gasteiger partial charge in [0.05, 0.1) is 0 Å². The smallest absolute Gasteiger partial charge is 0.334 e. The van der Waals surface area contributed by atoms with Gasteiger partial charge < -0.3 is 4.74 Å². The number of ether oxygens (including phenoxy) is 1. The van der Waals surface area contributed by atoms with Gasteiger partial charge >= 0.3 is 5.97 Å². The average molecular weight is 160 g/mol. The summed E-state index contributed by atoms with van der Waals surface area (Å²) in [6.45, 7) is 6.94. The quantitative estimate of drug-likeness (QED) is 0.295. The molecule has 0 saturated heterocycles. The van der Waals surface area contributed by atoms with E-state index in [0.29, 0.717) is 12.0 Å². The Morgan fingerprint density at radius 1 is 1.80 bits per heavy atom. The van der Waals surface area contributed by atoms with Gasteiger partial charge in [-0.15, -0.1) is 12.6 Å². The Morgan fingerprint density at radius 3 is 2.60 bits per heavy atom. The number of carbonyl (C=O) groups is 1. The number of thiol groups is 1. The van der Waals surface area contributed by atoms with Crippen molar-refractivity contribution in [1.82, 2.24) is 0 Å². The molecule has 0 aromatic heterocycles. The SMILES string of the molecule is C=C(C)C(=O)OC(S)CC. The lowest BCUT2D eigenvalue weighted by molar-refractivity contribution is -0.140. The highest BCUT2D eigenvalue weighted by molar-refractivity contribution is 7.80. The highest BCUT2D eigenvalue weighted by Gasteiger charge is 2.07. The molecule has 0 aliphatic rings. The second-order valence-electron chi connectivity index (χ2n) is 2.05.